The number of carbonyl (C=O) groups excluding carboxylic acids is 1. The van der Waals surface area contributed by atoms with E-state index >= 15 is 0 Å². The van der Waals surface area contributed by atoms with Gasteiger partial charge in [0.25, 0.3) is 0 Å². The highest BCUT2D eigenvalue weighted by Gasteiger charge is 2.40. The zero-order valence-corrected chi connectivity index (χ0v) is 19.2. The van der Waals surface area contributed by atoms with Crippen LogP contribution < -0.4 is 0 Å². The molecule has 6 rings (SSSR count). The molecule has 1 amide bonds. The van der Waals surface area contributed by atoms with Gasteiger partial charge in [0.2, 0.25) is 0 Å². The Balaban J connectivity index is 1.23. The highest BCUT2D eigenvalue weighted by Crippen LogP contribution is 2.44. The summed E-state index contributed by atoms with van der Waals surface area (Å²) in [6, 6.07) is 21.0. The molecule has 2 aliphatic heterocycles. The second-order valence-corrected chi connectivity index (χ2v) is 9.37. The largest absolute Gasteiger partial charge is 0.448 e. The Labute approximate surface area is 202 Å². The maximum Gasteiger partial charge on any atom is 0.410 e. The fourth-order valence-corrected chi connectivity index (χ4v) is 5.68. The lowest BCUT2D eigenvalue weighted by Crippen LogP contribution is -2.56. The maximum atomic E-state index is 14.6. The minimum Gasteiger partial charge on any atom is -0.448 e. The summed E-state index contributed by atoms with van der Waals surface area (Å²) >= 11 is 6.00. The highest BCUT2D eigenvalue weighted by atomic mass is 35.5. The summed E-state index contributed by atoms with van der Waals surface area (Å²) in [4.78, 5) is 15.0. The van der Waals surface area contributed by atoms with Gasteiger partial charge >= 0.3 is 6.09 Å². The lowest BCUT2D eigenvalue weighted by Gasteiger charge is -2.44. The van der Waals surface area contributed by atoms with Crippen molar-refractivity contribution in [1.82, 2.24) is 4.90 Å². The van der Waals surface area contributed by atoms with Gasteiger partial charge in [-0.05, 0) is 40.3 Å². The third-order valence-corrected chi connectivity index (χ3v) is 7.33. The number of fused-ring (bicyclic) bond motifs is 5. The maximum absolute atomic E-state index is 14.6. The molecule has 1 aliphatic carbocycles. The number of carbonyl (C=O) groups is 1. The Morgan fingerprint density at radius 1 is 0.971 bits per heavy atom. The lowest BCUT2D eigenvalue weighted by molar-refractivity contribution is -0.0331. The van der Waals surface area contributed by atoms with Crippen LogP contribution in [0.25, 0.3) is 16.7 Å². The molecular weight excluding hydrogens is 453 g/mol. The van der Waals surface area contributed by atoms with E-state index in [4.69, 9.17) is 21.1 Å². The Morgan fingerprint density at radius 3 is 2.35 bits per heavy atom. The average Bonchev–Trinajstić information content (AvgIpc) is 3.17. The first-order chi connectivity index (χ1) is 16.6. The molecule has 3 aliphatic rings. The summed E-state index contributed by atoms with van der Waals surface area (Å²) in [6.45, 7) is 1.01. The molecule has 0 spiro atoms. The van der Waals surface area contributed by atoms with E-state index in [9.17, 15) is 9.18 Å². The van der Waals surface area contributed by atoms with E-state index in [0.717, 1.165) is 5.57 Å². The Hall–Kier alpha value is -3.15. The molecule has 2 heterocycles. The van der Waals surface area contributed by atoms with Crippen LogP contribution in [0.3, 0.4) is 0 Å². The van der Waals surface area contributed by atoms with Gasteiger partial charge in [0, 0.05) is 11.5 Å². The van der Waals surface area contributed by atoms with Gasteiger partial charge in [-0.1, -0.05) is 78.3 Å². The fourth-order valence-electron chi connectivity index (χ4n) is 5.50. The SMILES string of the molecule is O=C(OCC1c2ccccc2-c2ccccc21)N1C2C=C(c3cccc(Cl)c3F)CC1COC2. The van der Waals surface area contributed by atoms with Crippen LogP contribution in [0.1, 0.15) is 29.0 Å². The monoisotopic (exact) mass is 475 g/mol. The van der Waals surface area contributed by atoms with E-state index in [1.165, 1.54) is 28.3 Å². The van der Waals surface area contributed by atoms with Crippen LogP contribution in [0.2, 0.25) is 5.02 Å². The number of benzene rings is 3. The number of rotatable bonds is 3. The van der Waals surface area contributed by atoms with Gasteiger partial charge < -0.3 is 9.47 Å². The number of hydrogen-bond acceptors (Lipinski definition) is 3. The van der Waals surface area contributed by atoms with Crippen LogP contribution in [0.4, 0.5) is 9.18 Å². The molecule has 1 saturated heterocycles. The van der Waals surface area contributed by atoms with Crippen LogP contribution in [-0.4, -0.2) is 42.9 Å². The van der Waals surface area contributed by atoms with E-state index in [1.807, 2.05) is 30.3 Å². The van der Waals surface area contributed by atoms with Crippen LogP contribution in [0.5, 0.6) is 0 Å². The number of halogens is 2. The molecule has 2 atom stereocenters. The van der Waals surface area contributed by atoms with Crippen molar-refractivity contribution in [2.45, 2.75) is 24.4 Å². The van der Waals surface area contributed by atoms with E-state index in [1.54, 1.807) is 17.0 Å². The van der Waals surface area contributed by atoms with Gasteiger partial charge in [0.05, 0.1) is 30.3 Å². The number of hydrogen-bond donors (Lipinski definition) is 0. The summed E-state index contributed by atoms with van der Waals surface area (Å²) in [5, 5.41) is 0.0961. The normalized spacial score (nSPS) is 21.0. The number of morpholine rings is 1. The van der Waals surface area contributed by atoms with E-state index in [2.05, 4.69) is 24.3 Å². The number of ether oxygens (including phenoxy) is 2. The van der Waals surface area contributed by atoms with Crippen molar-refractivity contribution in [3.8, 4) is 11.1 Å². The van der Waals surface area contributed by atoms with E-state index in [-0.39, 0.29) is 35.7 Å². The predicted molar refractivity (Wildman–Crippen MR) is 129 cm³/mol. The second-order valence-electron chi connectivity index (χ2n) is 8.97. The quantitative estimate of drug-likeness (QED) is 0.447. The second kappa shape index (κ2) is 8.57. The molecule has 0 saturated carbocycles. The van der Waals surface area contributed by atoms with E-state index in [0.29, 0.717) is 25.2 Å². The first kappa shape index (κ1) is 21.4. The van der Waals surface area contributed by atoms with Crippen molar-refractivity contribution in [3.05, 3.63) is 100 Å². The van der Waals surface area contributed by atoms with Crippen molar-refractivity contribution in [1.29, 1.82) is 0 Å². The fraction of sp³-hybridized carbons (Fsp3) is 0.250. The molecule has 2 bridgehead atoms. The number of amides is 1. The first-order valence-corrected chi connectivity index (χ1v) is 11.9. The van der Waals surface area contributed by atoms with Crippen molar-refractivity contribution < 1.29 is 18.7 Å². The van der Waals surface area contributed by atoms with Crippen molar-refractivity contribution >= 4 is 23.3 Å². The van der Waals surface area contributed by atoms with Crippen LogP contribution in [0.15, 0.2) is 72.8 Å². The van der Waals surface area contributed by atoms with E-state index < -0.39 is 5.82 Å². The molecule has 3 aromatic carbocycles. The summed E-state index contributed by atoms with van der Waals surface area (Å²) in [6.07, 6.45) is 2.03. The van der Waals surface area contributed by atoms with Crippen molar-refractivity contribution in [2.75, 3.05) is 19.8 Å². The van der Waals surface area contributed by atoms with Gasteiger partial charge in [0.15, 0.2) is 0 Å². The molecule has 1 fully saturated rings. The first-order valence-electron chi connectivity index (χ1n) is 11.5. The molecule has 4 nitrogen and oxygen atoms in total. The standard InChI is InChI=1S/C28H23ClFNO3/c29-26-11-5-10-20(27(26)30)17-12-18-14-33-15-19(13-17)31(18)28(32)34-16-25-23-8-3-1-6-21(23)22-7-2-4-9-24(22)25/h1-12,18-19,25H,13-16H2. The van der Waals surface area contributed by atoms with Crippen LogP contribution in [-0.2, 0) is 9.47 Å². The minimum absolute atomic E-state index is 0.00360. The molecule has 172 valence electrons. The van der Waals surface area contributed by atoms with Crippen LogP contribution in [0, 0.1) is 5.82 Å². The zero-order valence-electron chi connectivity index (χ0n) is 18.4. The molecule has 0 aromatic heterocycles. The van der Waals surface area contributed by atoms with Gasteiger partial charge in [0.1, 0.15) is 12.4 Å². The molecule has 0 radical (unpaired) electrons. The summed E-state index contributed by atoms with van der Waals surface area (Å²) in [5.41, 5.74) is 6.07. The highest BCUT2D eigenvalue weighted by molar-refractivity contribution is 6.30. The molecule has 3 aromatic rings. The third-order valence-electron chi connectivity index (χ3n) is 7.04. The Bertz CT molecular complexity index is 1260. The predicted octanol–water partition coefficient (Wildman–Crippen LogP) is 6.28. The average molecular weight is 476 g/mol. The molecule has 0 N–H and O–H groups in total. The zero-order chi connectivity index (χ0) is 23.2. The molecule has 34 heavy (non-hydrogen) atoms. The molecule has 6 heteroatoms. The lowest BCUT2D eigenvalue weighted by atomic mass is 9.90. The summed E-state index contributed by atoms with van der Waals surface area (Å²) in [5.74, 6) is -0.423. The summed E-state index contributed by atoms with van der Waals surface area (Å²) in [7, 11) is 0. The number of nitrogens with zero attached hydrogens (tertiary/aromatic N) is 1. The van der Waals surface area contributed by atoms with Gasteiger partial charge in [-0.3, -0.25) is 4.90 Å². The van der Waals surface area contributed by atoms with Crippen LogP contribution >= 0.6 is 11.6 Å². The van der Waals surface area contributed by atoms with Gasteiger partial charge in [-0.15, -0.1) is 0 Å². The molecular formula is C28H23ClFNO3. The minimum atomic E-state index is -0.427. The van der Waals surface area contributed by atoms with Gasteiger partial charge in [-0.25, -0.2) is 9.18 Å². The van der Waals surface area contributed by atoms with Gasteiger partial charge in [-0.2, -0.15) is 0 Å². The Morgan fingerprint density at radius 2 is 1.65 bits per heavy atom. The third kappa shape index (κ3) is 3.51. The van der Waals surface area contributed by atoms with Crippen molar-refractivity contribution in [2.24, 2.45) is 0 Å². The topological polar surface area (TPSA) is 38.8 Å². The Kier molecular flexibility index (Phi) is 5.39. The molecule has 2 unspecified atom stereocenters. The summed E-state index contributed by atoms with van der Waals surface area (Å²) < 4.78 is 26.3. The smallest absolute Gasteiger partial charge is 0.410 e. The van der Waals surface area contributed by atoms with Crippen molar-refractivity contribution in [3.63, 3.8) is 0 Å².